The summed E-state index contributed by atoms with van der Waals surface area (Å²) in [6.07, 6.45) is -0.568. The Morgan fingerprint density at radius 2 is 1.02 bits per heavy atom. The highest BCUT2D eigenvalue weighted by atomic mass is 16.5. The van der Waals surface area contributed by atoms with Crippen LogP contribution in [0.1, 0.15) is 65.0 Å². The molecule has 13 nitrogen and oxygen atoms in total. The summed E-state index contributed by atoms with van der Waals surface area (Å²) in [4.78, 5) is 74.4. The van der Waals surface area contributed by atoms with Crippen LogP contribution in [0, 0.1) is 5.92 Å². The molecule has 3 rings (SSSR count). The van der Waals surface area contributed by atoms with Crippen molar-refractivity contribution in [2.24, 2.45) is 5.92 Å². The number of aliphatic carboxylic acids is 1. The van der Waals surface area contributed by atoms with Crippen LogP contribution in [0.4, 0.5) is 4.79 Å². The van der Waals surface area contributed by atoms with E-state index in [1.165, 1.54) is 27.7 Å². The van der Waals surface area contributed by atoms with Gasteiger partial charge in [-0.15, -0.1) is 0 Å². The van der Waals surface area contributed by atoms with Crippen LogP contribution in [0.25, 0.3) is 11.1 Å². The standard InChI is InChI=1S/C33H43N5O8/c1-17(2)15-27(32(43)44)38-31(42)20(5)36-29(40)18(3)34-28(39)19(4)35-30(41)21(6)37-33(45)46-16-26-24-13-9-7-11-22(24)23-12-8-10-14-25(23)26/h7-14,17-21,26-27H,15-16H2,1-6H3,(H,34,39)(H,35,41)(H,36,40)(H,37,45)(H,38,42)(H,43,44)/t18-,19-,20-,21-,27-/m0/s1. The van der Waals surface area contributed by atoms with Crippen molar-refractivity contribution in [3.63, 3.8) is 0 Å². The van der Waals surface area contributed by atoms with Crippen molar-refractivity contribution < 1.29 is 38.6 Å². The first-order valence-corrected chi connectivity index (χ1v) is 15.2. The molecule has 248 valence electrons. The van der Waals surface area contributed by atoms with Crippen LogP contribution in [0.3, 0.4) is 0 Å². The van der Waals surface area contributed by atoms with Crippen molar-refractivity contribution in [3.8, 4) is 11.1 Å². The Kier molecular flexibility index (Phi) is 12.3. The number of carbonyl (C=O) groups is 6. The summed E-state index contributed by atoms with van der Waals surface area (Å²) in [6.45, 7) is 9.36. The van der Waals surface area contributed by atoms with Crippen molar-refractivity contribution in [1.82, 2.24) is 26.6 Å². The van der Waals surface area contributed by atoms with Crippen molar-refractivity contribution in [2.45, 2.75) is 84.1 Å². The topological polar surface area (TPSA) is 192 Å². The number of carboxylic acid groups (broad SMARTS) is 1. The third kappa shape index (κ3) is 9.29. The molecule has 0 heterocycles. The monoisotopic (exact) mass is 637 g/mol. The van der Waals surface area contributed by atoms with Gasteiger partial charge < -0.3 is 36.4 Å². The van der Waals surface area contributed by atoms with Crippen LogP contribution in [-0.2, 0) is 28.7 Å². The molecule has 0 fully saturated rings. The predicted octanol–water partition coefficient (Wildman–Crippen LogP) is 2.04. The first kappa shape index (κ1) is 35.5. The average molecular weight is 638 g/mol. The number of carbonyl (C=O) groups excluding carboxylic acids is 5. The van der Waals surface area contributed by atoms with Crippen LogP contribution >= 0.6 is 0 Å². The minimum absolute atomic E-state index is 0.0238. The number of carboxylic acids is 1. The van der Waals surface area contributed by atoms with Gasteiger partial charge in [-0.1, -0.05) is 62.4 Å². The van der Waals surface area contributed by atoms with Gasteiger partial charge in [0.05, 0.1) is 0 Å². The first-order chi connectivity index (χ1) is 21.7. The van der Waals surface area contributed by atoms with E-state index >= 15 is 0 Å². The van der Waals surface area contributed by atoms with Crippen LogP contribution in [0.15, 0.2) is 48.5 Å². The summed E-state index contributed by atoms with van der Waals surface area (Å²) < 4.78 is 5.48. The molecule has 13 heteroatoms. The zero-order valence-electron chi connectivity index (χ0n) is 26.9. The molecule has 5 amide bonds. The van der Waals surface area contributed by atoms with Crippen LogP contribution < -0.4 is 26.6 Å². The number of benzene rings is 2. The van der Waals surface area contributed by atoms with Gasteiger partial charge in [0.1, 0.15) is 36.8 Å². The SMILES string of the molecule is CC(C)C[C@H](NC(=O)[C@H](C)NC(=O)[C@H](C)NC(=O)[C@H](C)NC(=O)[C@H](C)NC(=O)OCC1c2ccccc2-c2ccccc21)C(=O)O. The van der Waals surface area contributed by atoms with Gasteiger partial charge in [0, 0.05) is 5.92 Å². The van der Waals surface area contributed by atoms with Crippen molar-refractivity contribution in [2.75, 3.05) is 6.61 Å². The van der Waals surface area contributed by atoms with Gasteiger partial charge in [0.2, 0.25) is 23.6 Å². The maximum atomic E-state index is 12.7. The molecule has 0 radical (unpaired) electrons. The van der Waals surface area contributed by atoms with E-state index in [1.54, 1.807) is 0 Å². The van der Waals surface area contributed by atoms with Gasteiger partial charge in [0.25, 0.3) is 0 Å². The lowest BCUT2D eigenvalue weighted by Crippen LogP contribution is -2.57. The fourth-order valence-electron chi connectivity index (χ4n) is 5.08. The van der Waals surface area contributed by atoms with Crippen molar-refractivity contribution in [1.29, 1.82) is 0 Å². The van der Waals surface area contributed by atoms with E-state index in [9.17, 15) is 33.9 Å². The highest BCUT2D eigenvalue weighted by molar-refractivity contribution is 5.95. The second kappa shape index (κ2) is 15.9. The number of hydrogen-bond acceptors (Lipinski definition) is 7. The van der Waals surface area contributed by atoms with Crippen LogP contribution in [-0.4, -0.2) is 77.6 Å². The fourth-order valence-corrected chi connectivity index (χ4v) is 5.08. The maximum absolute atomic E-state index is 12.7. The zero-order valence-corrected chi connectivity index (χ0v) is 26.9. The van der Waals surface area contributed by atoms with E-state index in [1.807, 2.05) is 62.4 Å². The molecule has 2 aromatic rings. The lowest BCUT2D eigenvalue weighted by atomic mass is 9.98. The lowest BCUT2D eigenvalue weighted by Gasteiger charge is -2.23. The minimum Gasteiger partial charge on any atom is -0.480 e. The van der Waals surface area contributed by atoms with Gasteiger partial charge in [-0.3, -0.25) is 19.2 Å². The van der Waals surface area contributed by atoms with Crippen molar-refractivity contribution in [3.05, 3.63) is 59.7 Å². The van der Waals surface area contributed by atoms with E-state index in [2.05, 4.69) is 26.6 Å². The molecular formula is C33H43N5O8. The molecule has 0 spiro atoms. The van der Waals surface area contributed by atoms with E-state index < -0.39 is 65.9 Å². The molecule has 6 N–H and O–H groups in total. The minimum atomic E-state index is -1.18. The largest absolute Gasteiger partial charge is 0.480 e. The van der Waals surface area contributed by atoms with E-state index in [0.29, 0.717) is 0 Å². The van der Waals surface area contributed by atoms with Gasteiger partial charge in [-0.05, 0) is 62.3 Å². The molecule has 46 heavy (non-hydrogen) atoms. The smallest absolute Gasteiger partial charge is 0.407 e. The Labute approximate surface area is 268 Å². The van der Waals surface area contributed by atoms with Crippen LogP contribution in [0.5, 0.6) is 0 Å². The molecule has 0 aromatic heterocycles. The molecule has 2 aromatic carbocycles. The third-order valence-electron chi connectivity index (χ3n) is 7.65. The summed E-state index contributed by atoms with van der Waals surface area (Å²) in [6, 6.07) is 10.5. The summed E-state index contributed by atoms with van der Waals surface area (Å²) in [5.41, 5.74) is 4.28. The molecule has 0 bridgehead atoms. The Balaban J connectivity index is 1.43. The first-order valence-electron chi connectivity index (χ1n) is 15.2. The van der Waals surface area contributed by atoms with Gasteiger partial charge in [-0.25, -0.2) is 9.59 Å². The Hall–Kier alpha value is -4.94. The Morgan fingerprint density at radius 3 is 1.43 bits per heavy atom. The summed E-state index contributed by atoms with van der Waals surface area (Å²) in [5.74, 6) is -3.99. The predicted molar refractivity (Wildman–Crippen MR) is 170 cm³/mol. The van der Waals surface area contributed by atoms with Gasteiger partial charge in [-0.2, -0.15) is 0 Å². The number of ether oxygens (including phenoxy) is 1. The highest BCUT2D eigenvalue weighted by Gasteiger charge is 2.30. The lowest BCUT2D eigenvalue weighted by molar-refractivity contribution is -0.142. The molecule has 0 saturated carbocycles. The summed E-state index contributed by atoms with van der Waals surface area (Å²) in [7, 11) is 0. The van der Waals surface area contributed by atoms with E-state index in [0.717, 1.165) is 22.3 Å². The number of alkyl carbamates (subject to hydrolysis) is 1. The molecule has 1 aliphatic rings. The number of hydrogen-bond donors (Lipinski definition) is 6. The van der Waals surface area contributed by atoms with Gasteiger partial charge in [0.15, 0.2) is 0 Å². The molecule has 0 aliphatic heterocycles. The quantitative estimate of drug-likeness (QED) is 0.181. The molecule has 0 unspecified atom stereocenters. The zero-order chi connectivity index (χ0) is 34.1. The maximum Gasteiger partial charge on any atom is 0.407 e. The number of rotatable bonds is 14. The fraction of sp³-hybridized carbons (Fsp3) is 0.455. The number of amides is 5. The van der Waals surface area contributed by atoms with Crippen molar-refractivity contribution >= 4 is 35.7 Å². The summed E-state index contributed by atoms with van der Waals surface area (Å²) >= 11 is 0. The Morgan fingerprint density at radius 1 is 0.630 bits per heavy atom. The third-order valence-corrected chi connectivity index (χ3v) is 7.65. The van der Waals surface area contributed by atoms with E-state index in [4.69, 9.17) is 4.74 Å². The Bertz CT molecular complexity index is 1420. The number of nitrogens with one attached hydrogen (secondary N) is 5. The van der Waals surface area contributed by atoms with Gasteiger partial charge >= 0.3 is 12.1 Å². The van der Waals surface area contributed by atoms with E-state index in [-0.39, 0.29) is 24.9 Å². The molecule has 1 aliphatic carbocycles. The molecule has 0 saturated heterocycles. The second-order valence-electron chi connectivity index (χ2n) is 11.9. The summed E-state index contributed by atoms with van der Waals surface area (Å²) in [5, 5.41) is 21.6. The second-order valence-corrected chi connectivity index (χ2v) is 11.9. The number of fused-ring (bicyclic) bond motifs is 3. The molecule has 5 atom stereocenters. The molecular weight excluding hydrogens is 594 g/mol. The van der Waals surface area contributed by atoms with Crippen LogP contribution in [0.2, 0.25) is 0 Å². The normalized spacial score (nSPS) is 15.2. The average Bonchev–Trinajstić information content (AvgIpc) is 3.32. The highest BCUT2D eigenvalue weighted by Crippen LogP contribution is 2.44.